The van der Waals surface area contributed by atoms with Gasteiger partial charge in [0.25, 0.3) is 5.92 Å². The number of ether oxygens (including phenoxy) is 1. The number of alkyl halides is 2. The first-order valence-corrected chi connectivity index (χ1v) is 5.41. The average molecular weight is 258 g/mol. The van der Waals surface area contributed by atoms with Crippen molar-refractivity contribution in [1.82, 2.24) is 0 Å². The Labute approximate surface area is 102 Å². The number of amidine groups is 1. The standard InChI is InChI=1S/C12H13F3N2O/c1-11(8-4-2-3-5-9(8)13)12(14,15)7-18-6-10(16)17-11/h2-5H,6-7H2,1H3,(H2,16,17). The number of nitrogens with two attached hydrogens (primary N) is 1. The van der Waals surface area contributed by atoms with Gasteiger partial charge in [-0.25, -0.2) is 13.2 Å². The minimum atomic E-state index is -3.34. The van der Waals surface area contributed by atoms with Crippen LogP contribution in [0.5, 0.6) is 0 Å². The predicted molar refractivity (Wildman–Crippen MR) is 61.1 cm³/mol. The van der Waals surface area contributed by atoms with Gasteiger partial charge in [-0.1, -0.05) is 18.2 Å². The molecule has 1 unspecified atom stereocenters. The molecule has 0 aliphatic carbocycles. The van der Waals surface area contributed by atoms with E-state index in [1.54, 1.807) is 0 Å². The molecule has 0 fully saturated rings. The molecule has 1 aliphatic heterocycles. The van der Waals surface area contributed by atoms with Crippen LogP contribution in [-0.4, -0.2) is 25.0 Å². The third-order valence-corrected chi connectivity index (χ3v) is 3.01. The lowest BCUT2D eigenvalue weighted by Gasteiger charge is -2.32. The molecule has 2 rings (SSSR count). The van der Waals surface area contributed by atoms with Crippen molar-refractivity contribution >= 4 is 5.84 Å². The highest BCUT2D eigenvalue weighted by Crippen LogP contribution is 2.43. The van der Waals surface area contributed by atoms with Gasteiger partial charge >= 0.3 is 0 Å². The van der Waals surface area contributed by atoms with E-state index in [0.29, 0.717) is 0 Å². The van der Waals surface area contributed by atoms with Crippen LogP contribution in [0.15, 0.2) is 29.3 Å². The zero-order valence-electron chi connectivity index (χ0n) is 9.79. The van der Waals surface area contributed by atoms with Crippen molar-refractivity contribution in [2.45, 2.75) is 18.4 Å². The van der Waals surface area contributed by atoms with Crippen LogP contribution >= 0.6 is 0 Å². The van der Waals surface area contributed by atoms with Crippen molar-refractivity contribution in [3.05, 3.63) is 35.6 Å². The number of hydrogen-bond acceptors (Lipinski definition) is 3. The van der Waals surface area contributed by atoms with Gasteiger partial charge in [0.15, 0.2) is 5.54 Å². The monoisotopic (exact) mass is 258 g/mol. The third-order valence-electron chi connectivity index (χ3n) is 3.01. The van der Waals surface area contributed by atoms with E-state index in [1.807, 2.05) is 0 Å². The normalized spacial score (nSPS) is 27.4. The molecule has 1 atom stereocenters. The highest BCUT2D eigenvalue weighted by Gasteiger charge is 2.54. The van der Waals surface area contributed by atoms with Crippen LogP contribution in [-0.2, 0) is 10.3 Å². The van der Waals surface area contributed by atoms with Gasteiger partial charge in [0, 0.05) is 5.56 Å². The first kappa shape index (κ1) is 12.9. The topological polar surface area (TPSA) is 47.6 Å². The number of halogens is 3. The number of aliphatic imine (C=N–C) groups is 1. The van der Waals surface area contributed by atoms with Crippen molar-refractivity contribution in [3.8, 4) is 0 Å². The molecule has 1 aromatic rings. The fourth-order valence-corrected chi connectivity index (χ4v) is 1.94. The predicted octanol–water partition coefficient (Wildman–Crippen LogP) is 2.06. The quantitative estimate of drug-likeness (QED) is 0.838. The number of hydrogen-bond donors (Lipinski definition) is 1. The Balaban J connectivity index is 2.61. The van der Waals surface area contributed by atoms with E-state index in [2.05, 4.69) is 4.99 Å². The van der Waals surface area contributed by atoms with Crippen LogP contribution in [0, 0.1) is 5.82 Å². The minimum absolute atomic E-state index is 0.0714. The van der Waals surface area contributed by atoms with Crippen LogP contribution < -0.4 is 5.73 Å². The zero-order valence-corrected chi connectivity index (χ0v) is 9.79. The minimum Gasteiger partial charge on any atom is -0.385 e. The van der Waals surface area contributed by atoms with E-state index in [4.69, 9.17) is 10.5 Å². The van der Waals surface area contributed by atoms with E-state index in [0.717, 1.165) is 13.0 Å². The van der Waals surface area contributed by atoms with Gasteiger partial charge in [-0.3, -0.25) is 4.99 Å². The summed E-state index contributed by atoms with van der Waals surface area (Å²) < 4.78 is 46.7. The maximum atomic E-state index is 14.1. The molecule has 98 valence electrons. The van der Waals surface area contributed by atoms with Crippen LogP contribution in [0.25, 0.3) is 0 Å². The summed E-state index contributed by atoms with van der Waals surface area (Å²) in [5.74, 6) is -4.15. The van der Waals surface area contributed by atoms with Crippen LogP contribution in [0.4, 0.5) is 13.2 Å². The Bertz CT molecular complexity index is 490. The summed E-state index contributed by atoms with van der Waals surface area (Å²) >= 11 is 0. The fraction of sp³-hybridized carbons (Fsp3) is 0.417. The van der Waals surface area contributed by atoms with E-state index < -0.39 is 23.9 Å². The second-order valence-electron chi connectivity index (χ2n) is 4.35. The van der Waals surface area contributed by atoms with E-state index in [1.165, 1.54) is 18.2 Å². The second kappa shape index (κ2) is 4.28. The lowest BCUT2D eigenvalue weighted by molar-refractivity contribution is -0.116. The highest BCUT2D eigenvalue weighted by atomic mass is 19.3. The number of rotatable bonds is 1. The molecule has 0 bridgehead atoms. The van der Waals surface area contributed by atoms with Crippen LogP contribution in [0.2, 0.25) is 0 Å². The summed E-state index contributed by atoms with van der Waals surface area (Å²) in [5.41, 5.74) is 3.24. The fourth-order valence-electron chi connectivity index (χ4n) is 1.94. The molecule has 1 aliphatic rings. The SMILES string of the molecule is CC1(c2ccccc2F)N=C(N)COCC1(F)F. The molecule has 18 heavy (non-hydrogen) atoms. The van der Waals surface area contributed by atoms with E-state index >= 15 is 0 Å². The van der Waals surface area contributed by atoms with Gasteiger partial charge in [0.2, 0.25) is 0 Å². The summed E-state index contributed by atoms with van der Waals surface area (Å²) in [7, 11) is 0. The molecule has 0 spiro atoms. The first-order valence-electron chi connectivity index (χ1n) is 5.41. The van der Waals surface area contributed by atoms with Crippen molar-refractivity contribution < 1.29 is 17.9 Å². The molecular weight excluding hydrogens is 245 g/mol. The highest BCUT2D eigenvalue weighted by molar-refractivity contribution is 5.82. The molecular formula is C12H13F3N2O. The van der Waals surface area contributed by atoms with Gasteiger partial charge in [0.05, 0.1) is 0 Å². The zero-order chi connectivity index (χ0) is 13.4. The van der Waals surface area contributed by atoms with Gasteiger partial charge in [0.1, 0.15) is 24.9 Å². The molecule has 0 saturated heterocycles. The molecule has 1 heterocycles. The average Bonchev–Trinajstić information content (AvgIpc) is 2.37. The maximum absolute atomic E-state index is 14.1. The lowest BCUT2D eigenvalue weighted by Crippen LogP contribution is -2.45. The Kier molecular flexibility index (Phi) is 3.06. The van der Waals surface area contributed by atoms with Gasteiger partial charge in [-0.15, -0.1) is 0 Å². The smallest absolute Gasteiger partial charge is 0.299 e. The molecule has 0 saturated carbocycles. The largest absolute Gasteiger partial charge is 0.385 e. The molecule has 1 aromatic carbocycles. The van der Waals surface area contributed by atoms with Crippen molar-refractivity contribution in [1.29, 1.82) is 0 Å². The molecule has 0 amide bonds. The van der Waals surface area contributed by atoms with Gasteiger partial charge < -0.3 is 10.5 Å². The molecule has 3 nitrogen and oxygen atoms in total. The molecule has 2 N–H and O–H groups in total. The van der Waals surface area contributed by atoms with Crippen molar-refractivity contribution in [2.75, 3.05) is 13.2 Å². The molecule has 6 heteroatoms. The second-order valence-corrected chi connectivity index (χ2v) is 4.35. The van der Waals surface area contributed by atoms with Crippen molar-refractivity contribution in [2.24, 2.45) is 10.7 Å². The Morgan fingerprint density at radius 2 is 2.00 bits per heavy atom. The maximum Gasteiger partial charge on any atom is 0.299 e. The van der Waals surface area contributed by atoms with Gasteiger partial charge in [-0.2, -0.15) is 0 Å². The summed E-state index contributed by atoms with van der Waals surface area (Å²) in [6.07, 6.45) is 0. The summed E-state index contributed by atoms with van der Waals surface area (Å²) in [6, 6.07) is 5.32. The van der Waals surface area contributed by atoms with E-state index in [-0.39, 0.29) is 18.0 Å². The summed E-state index contributed by atoms with van der Waals surface area (Å²) in [6.45, 7) is 0.134. The van der Waals surface area contributed by atoms with Gasteiger partial charge in [-0.05, 0) is 13.0 Å². The lowest BCUT2D eigenvalue weighted by atomic mass is 9.86. The Morgan fingerprint density at radius 3 is 2.67 bits per heavy atom. The number of nitrogens with zero attached hydrogens (tertiary/aromatic N) is 1. The van der Waals surface area contributed by atoms with E-state index in [9.17, 15) is 13.2 Å². The summed E-state index contributed by atoms with van der Waals surface area (Å²) in [4.78, 5) is 3.77. The first-order chi connectivity index (χ1) is 8.37. The molecule has 0 aromatic heterocycles. The van der Waals surface area contributed by atoms with Crippen LogP contribution in [0.3, 0.4) is 0 Å². The van der Waals surface area contributed by atoms with Crippen molar-refractivity contribution in [3.63, 3.8) is 0 Å². The van der Waals surface area contributed by atoms with Crippen LogP contribution in [0.1, 0.15) is 12.5 Å². The summed E-state index contributed by atoms with van der Waals surface area (Å²) in [5, 5.41) is 0. The molecule has 0 radical (unpaired) electrons. The Hall–Kier alpha value is -1.56. The third kappa shape index (κ3) is 1.96. The number of benzene rings is 1. The Morgan fingerprint density at radius 1 is 1.33 bits per heavy atom.